The predicted octanol–water partition coefficient (Wildman–Crippen LogP) is 2.14. The first kappa shape index (κ1) is 10.6. The van der Waals surface area contributed by atoms with Gasteiger partial charge in [-0.05, 0) is 24.7 Å². The third-order valence-electron chi connectivity index (χ3n) is 1.99. The smallest absolute Gasteiger partial charge is 0.159 e. The topological polar surface area (TPSA) is 35.8 Å². The summed E-state index contributed by atoms with van der Waals surface area (Å²) in [6.07, 6.45) is 0.224. The first-order chi connectivity index (χ1) is 6.69. The Balaban J connectivity index is 2.95. The molecule has 0 aromatic heterocycles. The van der Waals surface area contributed by atoms with E-state index in [4.69, 9.17) is 5.26 Å². The molecule has 0 radical (unpaired) electrons. The second kappa shape index (κ2) is 4.68. The Morgan fingerprint density at radius 2 is 2.14 bits per heavy atom. The van der Waals surface area contributed by atoms with Crippen molar-refractivity contribution in [1.82, 2.24) is 5.32 Å². The van der Waals surface area contributed by atoms with E-state index in [0.29, 0.717) is 5.56 Å². The van der Waals surface area contributed by atoms with Crippen molar-refractivity contribution in [2.24, 2.45) is 0 Å². The number of hydrogen-bond donors (Lipinski definition) is 1. The SMILES string of the molecule is CNC(CC#N)c1ccc(F)c(F)c1. The van der Waals surface area contributed by atoms with E-state index in [0.717, 1.165) is 12.1 Å². The van der Waals surface area contributed by atoms with Gasteiger partial charge in [0, 0.05) is 6.04 Å². The van der Waals surface area contributed by atoms with Crippen molar-refractivity contribution >= 4 is 0 Å². The van der Waals surface area contributed by atoms with E-state index in [1.54, 1.807) is 7.05 Å². The van der Waals surface area contributed by atoms with Crippen LogP contribution in [0.3, 0.4) is 0 Å². The van der Waals surface area contributed by atoms with Crippen LogP contribution >= 0.6 is 0 Å². The van der Waals surface area contributed by atoms with Crippen LogP contribution < -0.4 is 5.32 Å². The van der Waals surface area contributed by atoms with Gasteiger partial charge in [-0.1, -0.05) is 6.07 Å². The normalized spacial score (nSPS) is 12.1. The number of rotatable bonds is 3. The molecule has 0 spiro atoms. The van der Waals surface area contributed by atoms with E-state index >= 15 is 0 Å². The van der Waals surface area contributed by atoms with Gasteiger partial charge in [-0.15, -0.1) is 0 Å². The lowest BCUT2D eigenvalue weighted by molar-refractivity contribution is 0.502. The van der Waals surface area contributed by atoms with Gasteiger partial charge >= 0.3 is 0 Å². The molecular formula is C10H10F2N2. The Hall–Kier alpha value is -1.47. The molecule has 1 atom stereocenters. The van der Waals surface area contributed by atoms with Gasteiger partial charge < -0.3 is 5.32 Å². The summed E-state index contributed by atoms with van der Waals surface area (Å²) in [6.45, 7) is 0. The maximum atomic E-state index is 12.8. The highest BCUT2D eigenvalue weighted by Crippen LogP contribution is 2.18. The molecule has 1 N–H and O–H groups in total. The van der Waals surface area contributed by atoms with Gasteiger partial charge in [-0.25, -0.2) is 8.78 Å². The summed E-state index contributed by atoms with van der Waals surface area (Å²) in [6, 6.07) is 5.35. The largest absolute Gasteiger partial charge is 0.312 e. The average Bonchev–Trinajstić information content (AvgIpc) is 2.19. The summed E-state index contributed by atoms with van der Waals surface area (Å²) in [5.74, 6) is -1.76. The molecule has 0 aliphatic heterocycles. The number of nitrogens with one attached hydrogen (secondary N) is 1. The molecular weight excluding hydrogens is 186 g/mol. The second-order valence-electron chi connectivity index (χ2n) is 2.88. The van der Waals surface area contributed by atoms with E-state index in [1.807, 2.05) is 6.07 Å². The molecule has 4 heteroatoms. The summed E-state index contributed by atoms with van der Waals surface area (Å²) in [4.78, 5) is 0. The Kier molecular flexibility index (Phi) is 3.55. The summed E-state index contributed by atoms with van der Waals surface area (Å²) in [7, 11) is 1.67. The van der Waals surface area contributed by atoms with Crippen molar-refractivity contribution in [3.8, 4) is 6.07 Å². The van der Waals surface area contributed by atoms with Gasteiger partial charge in [-0.2, -0.15) is 5.26 Å². The fourth-order valence-corrected chi connectivity index (χ4v) is 1.21. The van der Waals surface area contributed by atoms with Crippen molar-refractivity contribution in [1.29, 1.82) is 5.26 Å². The van der Waals surface area contributed by atoms with Gasteiger partial charge in [0.2, 0.25) is 0 Å². The molecule has 14 heavy (non-hydrogen) atoms. The minimum absolute atomic E-state index is 0.224. The molecule has 0 bridgehead atoms. The van der Waals surface area contributed by atoms with Crippen LogP contribution in [0.1, 0.15) is 18.0 Å². The lowest BCUT2D eigenvalue weighted by atomic mass is 10.0. The molecule has 1 rings (SSSR count). The minimum atomic E-state index is -0.888. The van der Waals surface area contributed by atoms with Crippen LogP contribution in [0, 0.1) is 23.0 Å². The monoisotopic (exact) mass is 196 g/mol. The molecule has 1 unspecified atom stereocenters. The molecule has 0 aliphatic rings. The van der Waals surface area contributed by atoms with Crippen molar-refractivity contribution in [2.75, 3.05) is 7.05 Å². The van der Waals surface area contributed by atoms with E-state index in [2.05, 4.69) is 5.32 Å². The number of nitriles is 1. The third-order valence-corrected chi connectivity index (χ3v) is 1.99. The highest BCUT2D eigenvalue weighted by atomic mass is 19.2. The Bertz CT molecular complexity index is 358. The van der Waals surface area contributed by atoms with Crippen molar-refractivity contribution in [2.45, 2.75) is 12.5 Å². The number of nitrogens with zero attached hydrogens (tertiary/aromatic N) is 1. The standard InChI is InChI=1S/C10H10F2N2/c1-14-10(4-5-13)7-2-3-8(11)9(12)6-7/h2-3,6,10,14H,4H2,1H3. The maximum Gasteiger partial charge on any atom is 0.159 e. The zero-order valence-electron chi connectivity index (χ0n) is 7.72. The van der Waals surface area contributed by atoms with E-state index < -0.39 is 11.6 Å². The molecule has 0 saturated carbocycles. The van der Waals surface area contributed by atoms with Gasteiger partial charge in [0.05, 0.1) is 12.5 Å². The Morgan fingerprint density at radius 1 is 1.43 bits per heavy atom. The van der Waals surface area contributed by atoms with Crippen LogP contribution in [-0.4, -0.2) is 7.05 Å². The van der Waals surface area contributed by atoms with Crippen LogP contribution in [0.4, 0.5) is 8.78 Å². The molecule has 2 nitrogen and oxygen atoms in total. The van der Waals surface area contributed by atoms with Crippen LogP contribution in [0.25, 0.3) is 0 Å². The van der Waals surface area contributed by atoms with Crippen LogP contribution in [0.15, 0.2) is 18.2 Å². The van der Waals surface area contributed by atoms with Gasteiger partial charge in [0.15, 0.2) is 11.6 Å². The van der Waals surface area contributed by atoms with Crippen LogP contribution in [0.2, 0.25) is 0 Å². The van der Waals surface area contributed by atoms with E-state index in [9.17, 15) is 8.78 Å². The molecule has 0 heterocycles. The Labute approximate surface area is 81.2 Å². The lowest BCUT2D eigenvalue weighted by Gasteiger charge is -2.12. The molecule has 1 aromatic rings. The summed E-state index contributed by atoms with van der Waals surface area (Å²) < 4.78 is 25.4. The highest BCUT2D eigenvalue weighted by molar-refractivity contribution is 5.22. The average molecular weight is 196 g/mol. The molecule has 0 fully saturated rings. The second-order valence-corrected chi connectivity index (χ2v) is 2.88. The fraction of sp³-hybridized carbons (Fsp3) is 0.300. The first-order valence-corrected chi connectivity index (χ1v) is 4.18. The zero-order chi connectivity index (χ0) is 10.6. The maximum absolute atomic E-state index is 12.8. The number of benzene rings is 1. The van der Waals surface area contributed by atoms with Gasteiger partial charge in [-0.3, -0.25) is 0 Å². The van der Waals surface area contributed by atoms with Crippen molar-refractivity contribution in [3.05, 3.63) is 35.4 Å². The first-order valence-electron chi connectivity index (χ1n) is 4.18. The molecule has 0 aliphatic carbocycles. The van der Waals surface area contributed by atoms with Crippen molar-refractivity contribution in [3.63, 3.8) is 0 Å². The quantitative estimate of drug-likeness (QED) is 0.803. The van der Waals surface area contributed by atoms with Gasteiger partial charge in [0.25, 0.3) is 0 Å². The molecule has 0 amide bonds. The predicted molar refractivity (Wildman–Crippen MR) is 48.4 cm³/mol. The van der Waals surface area contributed by atoms with Crippen LogP contribution in [-0.2, 0) is 0 Å². The number of hydrogen-bond acceptors (Lipinski definition) is 2. The molecule has 0 saturated heterocycles. The minimum Gasteiger partial charge on any atom is -0.312 e. The summed E-state index contributed by atoms with van der Waals surface area (Å²) in [5.41, 5.74) is 0.577. The molecule has 1 aromatic carbocycles. The fourth-order valence-electron chi connectivity index (χ4n) is 1.21. The Morgan fingerprint density at radius 3 is 2.64 bits per heavy atom. The van der Waals surface area contributed by atoms with Gasteiger partial charge in [0.1, 0.15) is 0 Å². The highest BCUT2D eigenvalue weighted by Gasteiger charge is 2.11. The molecule has 74 valence electrons. The lowest BCUT2D eigenvalue weighted by Crippen LogP contribution is -2.15. The van der Waals surface area contributed by atoms with Crippen LogP contribution in [0.5, 0.6) is 0 Å². The summed E-state index contributed by atoms with van der Waals surface area (Å²) in [5, 5.41) is 11.3. The number of halogens is 2. The third kappa shape index (κ3) is 2.27. The van der Waals surface area contributed by atoms with Crippen molar-refractivity contribution < 1.29 is 8.78 Å². The summed E-state index contributed by atoms with van der Waals surface area (Å²) >= 11 is 0. The zero-order valence-corrected chi connectivity index (χ0v) is 7.72. The van der Waals surface area contributed by atoms with E-state index in [-0.39, 0.29) is 12.5 Å². The van der Waals surface area contributed by atoms with E-state index in [1.165, 1.54) is 6.07 Å².